The second-order valence-electron chi connectivity index (χ2n) is 7.66. The molecule has 0 unspecified atom stereocenters. The predicted molar refractivity (Wildman–Crippen MR) is 109 cm³/mol. The number of amides is 2. The van der Waals surface area contributed by atoms with Crippen molar-refractivity contribution in [1.82, 2.24) is 14.5 Å². The summed E-state index contributed by atoms with van der Waals surface area (Å²) in [7, 11) is 0. The number of aryl methyl sites for hydroxylation is 1. The molecule has 0 bridgehead atoms. The SMILES string of the molecule is CCc1ccccc1NC(=O)c1nc(C(=O)N2CCCCC2)c2n1CCCC2. The monoisotopic (exact) mass is 380 g/mol. The lowest BCUT2D eigenvalue weighted by Crippen LogP contribution is -2.36. The third kappa shape index (κ3) is 3.55. The minimum Gasteiger partial charge on any atom is -0.337 e. The lowest BCUT2D eigenvalue weighted by atomic mass is 10.1. The van der Waals surface area contributed by atoms with Gasteiger partial charge in [0, 0.05) is 25.3 Å². The topological polar surface area (TPSA) is 67.2 Å². The molecule has 2 aliphatic heterocycles. The third-order valence-electron chi connectivity index (χ3n) is 5.81. The van der Waals surface area contributed by atoms with E-state index in [0.717, 1.165) is 75.1 Å². The lowest BCUT2D eigenvalue weighted by molar-refractivity contribution is 0.0717. The van der Waals surface area contributed by atoms with Crippen LogP contribution in [0.4, 0.5) is 5.69 Å². The fourth-order valence-corrected chi connectivity index (χ4v) is 4.26. The summed E-state index contributed by atoms with van der Waals surface area (Å²) in [6.07, 6.45) is 6.95. The molecule has 0 radical (unpaired) electrons. The number of carbonyl (C=O) groups excluding carboxylic acids is 2. The van der Waals surface area contributed by atoms with Gasteiger partial charge < -0.3 is 14.8 Å². The van der Waals surface area contributed by atoms with Crippen molar-refractivity contribution >= 4 is 17.5 Å². The van der Waals surface area contributed by atoms with E-state index in [2.05, 4.69) is 17.2 Å². The molecule has 6 nitrogen and oxygen atoms in total. The highest BCUT2D eigenvalue weighted by molar-refractivity contribution is 6.04. The zero-order valence-electron chi connectivity index (χ0n) is 16.5. The van der Waals surface area contributed by atoms with Crippen molar-refractivity contribution in [2.45, 2.75) is 58.4 Å². The van der Waals surface area contributed by atoms with Gasteiger partial charge in [-0.05, 0) is 56.6 Å². The molecule has 0 aliphatic carbocycles. The Morgan fingerprint density at radius 2 is 1.79 bits per heavy atom. The molecule has 148 valence electrons. The first-order chi connectivity index (χ1) is 13.7. The van der Waals surface area contributed by atoms with Crippen molar-refractivity contribution in [3.05, 3.63) is 47.0 Å². The van der Waals surface area contributed by atoms with Crippen LogP contribution in [0.15, 0.2) is 24.3 Å². The minimum absolute atomic E-state index is 0.0154. The molecule has 28 heavy (non-hydrogen) atoms. The van der Waals surface area contributed by atoms with Gasteiger partial charge in [-0.1, -0.05) is 25.1 Å². The van der Waals surface area contributed by atoms with Gasteiger partial charge >= 0.3 is 0 Å². The van der Waals surface area contributed by atoms with E-state index < -0.39 is 0 Å². The van der Waals surface area contributed by atoms with Gasteiger partial charge in [0.2, 0.25) is 0 Å². The quantitative estimate of drug-likeness (QED) is 0.880. The molecule has 1 N–H and O–H groups in total. The van der Waals surface area contributed by atoms with Gasteiger partial charge in [0.05, 0.1) is 5.69 Å². The average Bonchev–Trinajstić information content (AvgIpc) is 3.14. The molecule has 2 amide bonds. The maximum atomic E-state index is 13.1. The number of anilines is 1. The standard InChI is InChI=1S/C22H28N4O2/c1-2-16-10-4-5-11-17(16)23-21(27)20-24-19(18-12-6-9-15-26(18)20)22(28)25-13-7-3-8-14-25/h4-5,10-11H,2-3,6-9,12-15H2,1H3,(H,23,27). The van der Waals surface area contributed by atoms with Crippen LogP contribution in [0.1, 0.15) is 71.4 Å². The molecule has 2 aliphatic rings. The predicted octanol–water partition coefficient (Wildman–Crippen LogP) is 3.66. The number of likely N-dealkylation sites (tertiary alicyclic amines) is 1. The number of rotatable bonds is 4. The van der Waals surface area contributed by atoms with Crippen molar-refractivity contribution < 1.29 is 9.59 Å². The van der Waals surface area contributed by atoms with Gasteiger partial charge in [-0.3, -0.25) is 9.59 Å². The molecule has 0 saturated carbocycles. The maximum absolute atomic E-state index is 13.1. The number of benzene rings is 1. The number of hydrogen-bond donors (Lipinski definition) is 1. The van der Waals surface area contributed by atoms with Gasteiger partial charge in [-0.25, -0.2) is 4.98 Å². The highest BCUT2D eigenvalue weighted by Crippen LogP contribution is 2.25. The number of hydrogen-bond acceptors (Lipinski definition) is 3. The summed E-state index contributed by atoms with van der Waals surface area (Å²) >= 11 is 0. The molecule has 1 saturated heterocycles. The summed E-state index contributed by atoms with van der Waals surface area (Å²) in [5.41, 5.74) is 3.31. The van der Waals surface area contributed by atoms with Crippen LogP contribution in [-0.2, 0) is 19.4 Å². The first kappa shape index (κ1) is 18.7. The lowest BCUT2D eigenvalue weighted by Gasteiger charge is -2.26. The van der Waals surface area contributed by atoms with Gasteiger partial charge in [0.15, 0.2) is 5.82 Å². The summed E-state index contributed by atoms with van der Waals surface area (Å²) in [4.78, 5) is 32.6. The normalized spacial score (nSPS) is 16.5. The zero-order valence-corrected chi connectivity index (χ0v) is 16.5. The number of piperidine rings is 1. The Bertz CT molecular complexity index is 881. The average molecular weight is 380 g/mol. The third-order valence-corrected chi connectivity index (χ3v) is 5.81. The first-order valence-electron chi connectivity index (χ1n) is 10.5. The van der Waals surface area contributed by atoms with Crippen LogP contribution in [0.2, 0.25) is 0 Å². The molecule has 3 heterocycles. The Labute approximate surface area is 165 Å². The number of nitrogens with zero attached hydrogens (tertiary/aromatic N) is 3. The van der Waals surface area contributed by atoms with Crippen molar-refractivity contribution in [1.29, 1.82) is 0 Å². The fraction of sp³-hybridized carbons (Fsp3) is 0.500. The van der Waals surface area contributed by atoms with Crippen LogP contribution in [0.5, 0.6) is 0 Å². The van der Waals surface area contributed by atoms with Crippen LogP contribution < -0.4 is 5.32 Å². The molecule has 1 fully saturated rings. The zero-order chi connectivity index (χ0) is 19.5. The maximum Gasteiger partial charge on any atom is 0.291 e. The smallest absolute Gasteiger partial charge is 0.291 e. The van der Waals surface area contributed by atoms with E-state index in [9.17, 15) is 9.59 Å². The summed E-state index contributed by atoms with van der Waals surface area (Å²) in [6.45, 7) is 4.39. The number of para-hydroxylation sites is 1. The van der Waals surface area contributed by atoms with E-state index in [0.29, 0.717) is 11.5 Å². The van der Waals surface area contributed by atoms with Crippen molar-refractivity contribution in [3.8, 4) is 0 Å². The Balaban J connectivity index is 1.64. The molecule has 4 rings (SSSR count). The van der Waals surface area contributed by atoms with E-state index in [1.807, 2.05) is 33.7 Å². The molecular weight excluding hydrogens is 352 g/mol. The molecular formula is C22H28N4O2. The number of imidazole rings is 1. The van der Waals surface area contributed by atoms with Crippen LogP contribution in [0.3, 0.4) is 0 Å². The molecule has 1 aromatic carbocycles. The highest BCUT2D eigenvalue weighted by atomic mass is 16.2. The number of carbonyl (C=O) groups is 2. The summed E-state index contributed by atoms with van der Waals surface area (Å²) in [5.74, 6) is 0.112. The van der Waals surface area contributed by atoms with Gasteiger partial charge in [0.25, 0.3) is 11.8 Å². The Morgan fingerprint density at radius 1 is 1.04 bits per heavy atom. The van der Waals surface area contributed by atoms with Crippen LogP contribution in [0, 0.1) is 0 Å². The summed E-state index contributed by atoms with van der Waals surface area (Å²) in [5, 5.41) is 3.01. The second-order valence-corrected chi connectivity index (χ2v) is 7.66. The van der Waals surface area contributed by atoms with Gasteiger partial charge in [0.1, 0.15) is 5.69 Å². The number of aromatic nitrogens is 2. The number of nitrogens with one attached hydrogen (secondary N) is 1. The van der Waals surface area contributed by atoms with Crippen LogP contribution >= 0.6 is 0 Å². The van der Waals surface area contributed by atoms with E-state index in [4.69, 9.17) is 0 Å². The summed E-state index contributed by atoms with van der Waals surface area (Å²) in [6, 6.07) is 7.82. The Hall–Kier alpha value is -2.63. The van der Waals surface area contributed by atoms with E-state index in [1.165, 1.54) is 6.42 Å². The first-order valence-corrected chi connectivity index (χ1v) is 10.5. The van der Waals surface area contributed by atoms with Gasteiger partial charge in [-0.15, -0.1) is 0 Å². The molecule has 0 atom stereocenters. The molecule has 2 aromatic rings. The fourth-order valence-electron chi connectivity index (χ4n) is 4.26. The van der Waals surface area contributed by atoms with Crippen molar-refractivity contribution in [3.63, 3.8) is 0 Å². The Kier molecular flexibility index (Phi) is 5.46. The molecule has 1 aromatic heterocycles. The highest BCUT2D eigenvalue weighted by Gasteiger charge is 2.30. The largest absolute Gasteiger partial charge is 0.337 e. The van der Waals surface area contributed by atoms with E-state index in [1.54, 1.807) is 0 Å². The molecule has 6 heteroatoms. The van der Waals surface area contributed by atoms with E-state index >= 15 is 0 Å². The van der Waals surface area contributed by atoms with E-state index in [-0.39, 0.29) is 11.8 Å². The summed E-state index contributed by atoms with van der Waals surface area (Å²) < 4.78 is 1.96. The van der Waals surface area contributed by atoms with Crippen LogP contribution in [0.25, 0.3) is 0 Å². The number of fused-ring (bicyclic) bond motifs is 1. The van der Waals surface area contributed by atoms with Crippen molar-refractivity contribution in [2.24, 2.45) is 0 Å². The second kappa shape index (κ2) is 8.17. The minimum atomic E-state index is -0.234. The molecule has 0 spiro atoms. The Morgan fingerprint density at radius 3 is 2.57 bits per heavy atom. The van der Waals surface area contributed by atoms with Crippen molar-refractivity contribution in [2.75, 3.05) is 18.4 Å². The van der Waals surface area contributed by atoms with Gasteiger partial charge in [-0.2, -0.15) is 0 Å². The van der Waals surface area contributed by atoms with Crippen LogP contribution in [-0.4, -0.2) is 39.4 Å².